The summed E-state index contributed by atoms with van der Waals surface area (Å²) in [5.41, 5.74) is 4.23. The summed E-state index contributed by atoms with van der Waals surface area (Å²) in [6, 6.07) is 16.6. The van der Waals surface area contributed by atoms with Gasteiger partial charge in [-0.05, 0) is 72.0 Å². The van der Waals surface area contributed by atoms with Gasteiger partial charge in [0.15, 0.2) is 0 Å². The van der Waals surface area contributed by atoms with Crippen molar-refractivity contribution in [2.24, 2.45) is 0 Å². The molecule has 7 nitrogen and oxygen atoms in total. The maximum Gasteiger partial charge on any atom is 0.251 e. The highest BCUT2D eigenvalue weighted by molar-refractivity contribution is 9.10. The van der Waals surface area contributed by atoms with Gasteiger partial charge in [-0.25, -0.2) is 9.37 Å². The minimum atomic E-state index is -0.712. The molecule has 37 heavy (non-hydrogen) atoms. The van der Waals surface area contributed by atoms with Gasteiger partial charge in [-0.3, -0.25) is 9.89 Å². The van der Waals surface area contributed by atoms with Crippen LogP contribution in [0.5, 0.6) is 5.88 Å². The average Bonchev–Trinajstić information content (AvgIpc) is 3.60. The molecule has 6 rings (SSSR count). The quantitative estimate of drug-likeness (QED) is 0.275. The molecule has 2 N–H and O–H groups in total. The number of aliphatic hydroxyl groups excluding tert-OH is 1. The van der Waals surface area contributed by atoms with E-state index in [4.69, 9.17) is 4.74 Å². The second-order valence-corrected chi connectivity index (χ2v) is 10.0. The molecule has 1 atom stereocenters. The van der Waals surface area contributed by atoms with E-state index in [1.807, 2.05) is 36.4 Å². The Morgan fingerprint density at radius 2 is 1.89 bits per heavy atom. The molecular weight excluding hydrogens is 539 g/mol. The first-order valence-electron chi connectivity index (χ1n) is 11.9. The van der Waals surface area contributed by atoms with Gasteiger partial charge in [0.25, 0.3) is 5.56 Å². The molecule has 3 aromatic heterocycles. The molecule has 1 unspecified atom stereocenters. The highest BCUT2D eigenvalue weighted by atomic mass is 79.9. The van der Waals surface area contributed by atoms with Gasteiger partial charge < -0.3 is 14.4 Å². The Bertz CT molecular complexity index is 1640. The van der Waals surface area contributed by atoms with Crippen LogP contribution in [0.25, 0.3) is 33.3 Å². The standard InChI is InChI=1S/C28H22BrFN4O3/c29-20-9-19(10-21(30)13-20)25(15-35)34-8-7-17(12-27(34)36)16-1-5-24-23(11-16)28(33-32-24)18-2-6-26(31-14-18)37-22-3-4-22/h1-2,5-14,22,25,35H,3-4,15H2,(H,32,33). The normalized spacial score (nSPS) is 14.1. The number of rotatable bonds is 7. The lowest BCUT2D eigenvalue weighted by Crippen LogP contribution is -2.27. The molecule has 0 spiro atoms. The van der Waals surface area contributed by atoms with Crippen molar-refractivity contribution in [2.45, 2.75) is 25.0 Å². The fraction of sp³-hybridized carbons (Fsp3) is 0.179. The second-order valence-electron chi connectivity index (χ2n) is 9.10. The molecule has 3 heterocycles. The molecule has 2 aromatic carbocycles. The molecule has 0 bridgehead atoms. The molecule has 186 valence electrons. The lowest BCUT2D eigenvalue weighted by atomic mass is 10.0. The van der Waals surface area contributed by atoms with Crippen LogP contribution in [-0.2, 0) is 0 Å². The van der Waals surface area contributed by atoms with Crippen LogP contribution in [0.1, 0.15) is 24.4 Å². The Balaban J connectivity index is 1.33. The van der Waals surface area contributed by atoms with Gasteiger partial charge in [0.05, 0.1) is 18.2 Å². The molecular formula is C28H22BrFN4O3. The fourth-order valence-corrected chi connectivity index (χ4v) is 4.89. The molecule has 0 radical (unpaired) electrons. The van der Waals surface area contributed by atoms with Crippen molar-refractivity contribution in [1.29, 1.82) is 0 Å². The molecule has 1 aliphatic carbocycles. The molecule has 0 aliphatic heterocycles. The number of halogens is 2. The number of nitrogens with zero attached hydrogens (tertiary/aromatic N) is 3. The molecule has 1 fully saturated rings. The van der Waals surface area contributed by atoms with E-state index in [0.29, 0.717) is 15.9 Å². The van der Waals surface area contributed by atoms with Gasteiger partial charge in [0, 0.05) is 39.9 Å². The zero-order chi connectivity index (χ0) is 25.5. The predicted octanol–water partition coefficient (Wildman–Crippen LogP) is 5.48. The van der Waals surface area contributed by atoms with Gasteiger partial charge >= 0.3 is 0 Å². The number of pyridine rings is 2. The summed E-state index contributed by atoms with van der Waals surface area (Å²) in [6.45, 7) is -0.349. The number of aromatic amines is 1. The van der Waals surface area contributed by atoms with E-state index in [1.165, 1.54) is 22.8 Å². The highest BCUT2D eigenvalue weighted by Gasteiger charge is 2.24. The molecule has 9 heteroatoms. The Hall–Kier alpha value is -3.82. The Labute approximate surface area is 219 Å². The van der Waals surface area contributed by atoms with E-state index in [9.17, 15) is 14.3 Å². The smallest absolute Gasteiger partial charge is 0.251 e. The number of aliphatic hydroxyl groups is 1. The van der Waals surface area contributed by atoms with Crippen molar-refractivity contribution < 1.29 is 14.2 Å². The number of hydrogen-bond acceptors (Lipinski definition) is 5. The van der Waals surface area contributed by atoms with Crippen LogP contribution in [0.2, 0.25) is 0 Å². The first-order valence-corrected chi connectivity index (χ1v) is 12.7. The van der Waals surface area contributed by atoms with Crippen molar-refractivity contribution in [1.82, 2.24) is 19.7 Å². The zero-order valence-corrected chi connectivity index (χ0v) is 21.2. The molecule has 5 aromatic rings. The summed E-state index contributed by atoms with van der Waals surface area (Å²) in [5.74, 6) is 0.163. The summed E-state index contributed by atoms with van der Waals surface area (Å²) in [7, 11) is 0. The zero-order valence-electron chi connectivity index (χ0n) is 19.6. The maximum absolute atomic E-state index is 13.9. The topological polar surface area (TPSA) is 93.0 Å². The maximum atomic E-state index is 13.9. The van der Waals surface area contributed by atoms with Crippen LogP contribution < -0.4 is 10.3 Å². The third-order valence-electron chi connectivity index (χ3n) is 6.44. The third-order valence-corrected chi connectivity index (χ3v) is 6.90. The number of benzene rings is 2. The number of nitrogens with one attached hydrogen (secondary N) is 1. The Morgan fingerprint density at radius 3 is 2.59 bits per heavy atom. The van der Waals surface area contributed by atoms with E-state index in [1.54, 1.807) is 18.5 Å². The van der Waals surface area contributed by atoms with Crippen molar-refractivity contribution >= 4 is 26.8 Å². The van der Waals surface area contributed by atoms with E-state index in [2.05, 4.69) is 31.1 Å². The molecule has 0 amide bonds. The van der Waals surface area contributed by atoms with Crippen LogP contribution in [0.4, 0.5) is 4.39 Å². The predicted molar refractivity (Wildman–Crippen MR) is 142 cm³/mol. The second kappa shape index (κ2) is 9.57. The number of H-pyrrole nitrogens is 1. The first kappa shape index (κ1) is 23.6. The lowest BCUT2D eigenvalue weighted by molar-refractivity contribution is 0.246. The highest BCUT2D eigenvalue weighted by Crippen LogP contribution is 2.32. The van der Waals surface area contributed by atoms with Crippen molar-refractivity contribution in [3.63, 3.8) is 0 Å². The van der Waals surface area contributed by atoms with Gasteiger partial charge in [-0.2, -0.15) is 5.10 Å². The van der Waals surface area contributed by atoms with Crippen LogP contribution in [-0.4, -0.2) is 37.6 Å². The fourth-order valence-electron chi connectivity index (χ4n) is 4.41. The summed E-state index contributed by atoms with van der Waals surface area (Å²) in [4.78, 5) is 17.5. The van der Waals surface area contributed by atoms with E-state index >= 15 is 0 Å². The summed E-state index contributed by atoms with van der Waals surface area (Å²) >= 11 is 3.27. The molecule has 0 saturated heterocycles. The van der Waals surface area contributed by atoms with Gasteiger partial charge in [0.1, 0.15) is 17.6 Å². The van der Waals surface area contributed by atoms with E-state index < -0.39 is 11.9 Å². The van der Waals surface area contributed by atoms with Crippen molar-refractivity contribution in [3.05, 3.63) is 99.3 Å². The number of ether oxygens (including phenoxy) is 1. The largest absolute Gasteiger partial charge is 0.474 e. The Morgan fingerprint density at radius 1 is 1.08 bits per heavy atom. The Kier molecular flexibility index (Phi) is 6.10. The van der Waals surface area contributed by atoms with Crippen LogP contribution in [0.3, 0.4) is 0 Å². The average molecular weight is 561 g/mol. The summed E-state index contributed by atoms with van der Waals surface area (Å²) in [6.07, 6.45) is 5.81. The summed E-state index contributed by atoms with van der Waals surface area (Å²) < 4.78 is 21.6. The van der Waals surface area contributed by atoms with Gasteiger partial charge in [0.2, 0.25) is 5.88 Å². The van der Waals surface area contributed by atoms with Crippen LogP contribution in [0, 0.1) is 5.82 Å². The first-order chi connectivity index (χ1) is 18.0. The van der Waals surface area contributed by atoms with Gasteiger partial charge in [-0.1, -0.05) is 22.0 Å². The van der Waals surface area contributed by atoms with Crippen LogP contribution in [0.15, 0.2) is 82.3 Å². The number of fused-ring (bicyclic) bond motifs is 1. The molecule has 1 aliphatic rings. The van der Waals surface area contributed by atoms with E-state index in [-0.39, 0.29) is 18.3 Å². The summed E-state index contributed by atoms with van der Waals surface area (Å²) in [5, 5.41) is 18.4. The van der Waals surface area contributed by atoms with E-state index in [0.717, 1.165) is 46.1 Å². The minimum absolute atomic E-state index is 0.283. The number of aromatic nitrogens is 4. The monoisotopic (exact) mass is 560 g/mol. The number of hydrogen-bond donors (Lipinski definition) is 2. The van der Waals surface area contributed by atoms with Crippen LogP contribution >= 0.6 is 15.9 Å². The third kappa shape index (κ3) is 4.80. The minimum Gasteiger partial charge on any atom is -0.474 e. The lowest BCUT2D eigenvalue weighted by Gasteiger charge is -2.19. The van der Waals surface area contributed by atoms with Gasteiger partial charge in [-0.15, -0.1) is 0 Å². The van der Waals surface area contributed by atoms with Crippen molar-refractivity contribution in [3.8, 4) is 28.3 Å². The molecule has 1 saturated carbocycles. The van der Waals surface area contributed by atoms with Crippen molar-refractivity contribution in [2.75, 3.05) is 6.61 Å². The SMILES string of the molecule is O=c1cc(-c2ccc3[nH]nc(-c4ccc(OC5CC5)nc4)c3c2)ccn1C(CO)c1cc(F)cc(Br)c1.